The SMILES string of the molecule is O=C(CSc1nc(C2CC2)n(-c2ccccc2)n1)Nc1ccccc1C(F)(F)F. The highest BCUT2D eigenvalue weighted by molar-refractivity contribution is 7.99. The van der Waals surface area contributed by atoms with Gasteiger partial charge in [0.1, 0.15) is 5.82 Å². The van der Waals surface area contributed by atoms with Gasteiger partial charge in [0.25, 0.3) is 0 Å². The van der Waals surface area contributed by atoms with Crippen LogP contribution in [0.25, 0.3) is 5.69 Å². The maximum Gasteiger partial charge on any atom is 0.418 e. The number of alkyl halides is 3. The number of hydrogen-bond donors (Lipinski definition) is 1. The summed E-state index contributed by atoms with van der Waals surface area (Å²) in [4.78, 5) is 16.8. The lowest BCUT2D eigenvalue weighted by Gasteiger charge is -2.13. The van der Waals surface area contributed by atoms with Gasteiger partial charge in [-0.25, -0.2) is 9.67 Å². The lowest BCUT2D eigenvalue weighted by Crippen LogP contribution is -2.18. The largest absolute Gasteiger partial charge is 0.418 e. The first-order chi connectivity index (χ1) is 13.9. The lowest BCUT2D eigenvalue weighted by atomic mass is 10.1. The first-order valence-electron chi connectivity index (χ1n) is 9.03. The molecule has 0 unspecified atom stereocenters. The minimum Gasteiger partial charge on any atom is -0.325 e. The van der Waals surface area contributed by atoms with Crippen LogP contribution in [0.15, 0.2) is 59.8 Å². The van der Waals surface area contributed by atoms with Crippen molar-refractivity contribution in [3.8, 4) is 5.69 Å². The molecule has 1 amide bonds. The predicted octanol–water partition coefficient (Wildman–Crippen LogP) is 4.89. The van der Waals surface area contributed by atoms with Gasteiger partial charge in [0.15, 0.2) is 0 Å². The molecule has 2 aromatic carbocycles. The van der Waals surface area contributed by atoms with E-state index in [2.05, 4.69) is 15.4 Å². The van der Waals surface area contributed by atoms with E-state index in [0.29, 0.717) is 11.1 Å². The van der Waals surface area contributed by atoms with Crippen LogP contribution in [0.3, 0.4) is 0 Å². The molecule has 5 nitrogen and oxygen atoms in total. The number of aromatic nitrogens is 3. The Kier molecular flexibility index (Phi) is 5.31. The molecule has 29 heavy (non-hydrogen) atoms. The summed E-state index contributed by atoms with van der Waals surface area (Å²) in [6.07, 6.45) is -2.44. The van der Waals surface area contributed by atoms with Crippen molar-refractivity contribution in [3.05, 3.63) is 66.0 Å². The molecular formula is C20H17F3N4OS. The van der Waals surface area contributed by atoms with E-state index in [-0.39, 0.29) is 11.4 Å². The highest BCUT2D eigenvalue weighted by Gasteiger charge is 2.34. The van der Waals surface area contributed by atoms with Crippen molar-refractivity contribution in [3.63, 3.8) is 0 Å². The summed E-state index contributed by atoms with van der Waals surface area (Å²) in [5.41, 5.74) is -0.245. The van der Waals surface area contributed by atoms with E-state index in [1.54, 1.807) is 4.68 Å². The van der Waals surface area contributed by atoms with Gasteiger partial charge in [-0.15, -0.1) is 5.10 Å². The third-order valence-corrected chi connectivity index (χ3v) is 5.23. The molecule has 1 N–H and O–H groups in total. The fourth-order valence-electron chi connectivity index (χ4n) is 2.89. The van der Waals surface area contributed by atoms with Crippen LogP contribution in [0, 0.1) is 0 Å². The van der Waals surface area contributed by atoms with E-state index in [4.69, 9.17) is 0 Å². The topological polar surface area (TPSA) is 59.8 Å². The number of nitrogens with zero attached hydrogens (tertiary/aromatic N) is 3. The van der Waals surface area contributed by atoms with Gasteiger partial charge < -0.3 is 5.32 Å². The Balaban J connectivity index is 1.46. The molecule has 3 aromatic rings. The second-order valence-electron chi connectivity index (χ2n) is 6.65. The molecule has 4 rings (SSSR count). The fraction of sp³-hybridized carbons (Fsp3) is 0.250. The molecule has 0 aliphatic heterocycles. The van der Waals surface area contributed by atoms with E-state index in [9.17, 15) is 18.0 Å². The minimum absolute atomic E-state index is 0.0882. The molecule has 1 aromatic heterocycles. The summed E-state index contributed by atoms with van der Waals surface area (Å²) < 4.78 is 41.0. The fourth-order valence-corrected chi connectivity index (χ4v) is 3.52. The van der Waals surface area contributed by atoms with Crippen LogP contribution in [-0.2, 0) is 11.0 Å². The van der Waals surface area contributed by atoms with Crippen molar-refractivity contribution < 1.29 is 18.0 Å². The molecule has 0 atom stereocenters. The van der Waals surface area contributed by atoms with Gasteiger partial charge in [0.2, 0.25) is 11.1 Å². The third-order valence-electron chi connectivity index (χ3n) is 4.39. The molecule has 1 saturated carbocycles. The van der Waals surface area contributed by atoms with E-state index in [0.717, 1.165) is 42.2 Å². The van der Waals surface area contributed by atoms with Gasteiger partial charge in [-0.2, -0.15) is 13.2 Å². The Labute approximate surface area is 169 Å². The van der Waals surface area contributed by atoms with Crippen molar-refractivity contribution >= 4 is 23.4 Å². The summed E-state index contributed by atoms with van der Waals surface area (Å²) in [6.45, 7) is 0. The summed E-state index contributed by atoms with van der Waals surface area (Å²) in [7, 11) is 0. The van der Waals surface area contributed by atoms with Crippen LogP contribution in [0.2, 0.25) is 0 Å². The first-order valence-corrected chi connectivity index (χ1v) is 10.0. The molecule has 1 aliphatic rings. The molecule has 0 bridgehead atoms. The molecule has 1 aliphatic carbocycles. The summed E-state index contributed by atoms with van der Waals surface area (Å²) >= 11 is 1.10. The number of nitrogens with one attached hydrogen (secondary N) is 1. The molecule has 0 radical (unpaired) electrons. The monoisotopic (exact) mass is 418 g/mol. The number of amides is 1. The van der Waals surface area contributed by atoms with Gasteiger partial charge in [-0.3, -0.25) is 4.79 Å². The molecule has 1 fully saturated rings. The van der Waals surface area contributed by atoms with Crippen LogP contribution in [0.5, 0.6) is 0 Å². The van der Waals surface area contributed by atoms with Crippen LogP contribution in [0.4, 0.5) is 18.9 Å². The van der Waals surface area contributed by atoms with Crippen LogP contribution in [-0.4, -0.2) is 26.4 Å². The number of carbonyl (C=O) groups is 1. The van der Waals surface area contributed by atoms with Crippen molar-refractivity contribution in [1.29, 1.82) is 0 Å². The van der Waals surface area contributed by atoms with E-state index in [1.165, 1.54) is 18.2 Å². The number of anilines is 1. The normalized spacial score (nSPS) is 14.0. The number of hydrogen-bond acceptors (Lipinski definition) is 4. The Morgan fingerprint density at radius 3 is 2.48 bits per heavy atom. The Morgan fingerprint density at radius 2 is 1.79 bits per heavy atom. The molecule has 1 heterocycles. The van der Waals surface area contributed by atoms with E-state index in [1.807, 2.05) is 30.3 Å². The second kappa shape index (κ2) is 7.90. The van der Waals surface area contributed by atoms with Gasteiger partial charge in [0.05, 0.1) is 22.7 Å². The summed E-state index contributed by atoms with van der Waals surface area (Å²) in [5.74, 6) is 0.566. The summed E-state index contributed by atoms with van der Waals surface area (Å²) in [6, 6.07) is 14.5. The third kappa shape index (κ3) is 4.61. The van der Waals surface area contributed by atoms with Crippen LogP contribution in [0.1, 0.15) is 30.1 Å². The van der Waals surface area contributed by atoms with Gasteiger partial charge in [-0.1, -0.05) is 42.1 Å². The molecule has 9 heteroatoms. The maximum atomic E-state index is 13.1. The number of rotatable bonds is 6. The van der Waals surface area contributed by atoms with E-state index >= 15 is 0 Å². The maximum absolute atomic E-state index is 13.1. The van der Waals surface area contributed by atoms with Gasteiger partial charge in [0, 0.05) is 5.92 Å². The lowest BCUT2D eigenvalue weighted by molar-refractivity contribution is -0.137. The van der Waals surface area contributed by atoms with Crippen molar-refractivity contribution in [2.24, 2.45) is 0 Å². The molecule has 150 valence electrons. The van der Waals surface area contributed by atoms with Crippen molar-refractivity contribution in [1.82, 2.24) is 14.8 Å². The molecular weight excluding hydrogens is 401 g/mol. The highest BCUT2D eigenvalue weighted by atomic mass is 32.2. The summed E-state index contributed by atoms with van der Waals surface area (Å²) in [5, 5.41) is 7.25. The Hall–Kier alpha value is -2.81. The average Bonchev–Trinajstić information content (AvgIpc) is 3.46. The average molecular weight is 418 g/mol. The number of halogens is 3. The Morgan fingerprint density at radius 1 is 1.10 bits per heavy atom. The quantitative estimate of drug-likeness (QED) is 0.579. The predicted molar refractivity (Wildman–Crippen MR) is 104 cm³/mol. The zero-order chi connectivity index (χ0) is 20.4. The van der Waals surface area contributed by atoms with Gasteiger partial charge >= 0.3 is 6.18 Å². The van der Waals surface area contributed by atoms with Crippen molar-refractivity contribution in [2.45, 2.75) is 30.1 Å². The second-order valence-corrected chi connectivity index (χ2v) is 7.60. The number of benzene rings is 2. The first kappa shape index (κ1) is 19.5. The number of thioether (sulfide) groups is 1. The smallest absolute Gasteiger partial charge is 0.325 e. The zero-order valence-corrected chi connectivity index (χ0v) is 16.0. The zero-order valence-electron chi connectivity index (χ0n) is 15.2. The Bertz CT molecular complexity index is 1020. The minimum atomic E-state index is -4.54. The van der Waals surface area contributed by atoms with Gasteiger partial charge in [-0.05, 0) is 37.1 Å². The van der Waals surface area contributed by atoms with Crippen molar-refractivity contribution in [2.75, 3.05) is 11.1 Å². The highest BCUT2D eigenvalue weighted by Crippen LogP contribution is 2.40. The van der Waals surface area contributed by atoms with Crippen LogP contribution >= 0.6 is 11.8 Å². The number of carbonyl (C=O) groups excluding carboxylic acids is 1. The van der Waals surface area contributed by atoms with Crippen LogP contribution < -0.4 is 5.32 Å². The number of para-hydroxylation sites is 2. The van der Waals surface area contributed by atoms with E-state index < -0.39 is 17.6 Å². The standard InChI is InChI=1S/C20H17F3N4OS/c21-20(22,23)15-8-4-5-9-16(15)24-17(28)12-29-19-25-18(13-10-11-13)27(26-19)14-6-2-1-3-7-14/h1-9,13H,10-12H2,(H,24,28). The molecule has 0 saturated heterocycles. The molecule has 0 spiro atoms.